The minimum atomic E-state index is -0.845. The van der Waals surface area contributed by atoms with E-state index in [4.69, 9.17) is 5.73 Å². The number of rotatable bonds is 11. The summed E-state index contributed by atoms with van der Waals surface area (Å²) in [5, 5.41) is 11.4. The summed E-state index contributed by atoms with van der Waals surface area (Å²) in [6.07, 6.45) is 7.56. The van der Waals surface area contributed by atoms with Gasteiger partial charge in [-0.1, -0.05) is 24.3 Å². The van der Waals surface area contributed by atoms with Gasteiger partial charge in [0, 0.05) is 36.8 Å². The van der Waals surface area contributed by atoms with Gasteiger partial charge in [-0.05, 0) is 105 Å². The van der Waals surface area contributed by atoms with Crippen LogP contribution in [0, 0.1) is 18.8 Å². The van der Waals surface area contributed by atoms with Crippen LogP contribution in [0.5, 0.6) is 0 Å². The van der Waals surface area contributed by atoms with E-state index in [0.29, 0.717) is 48.6 Å². The Morgan fingerprint density at radius 1 is 0.940 bits per heavy atom. The number of carbonyl (C=O) groups is 4. The molecule has 3 heterocycles. The van der Waals surface area contributed by atoms with Crippen molar-refractivity contribution in [2.45, 2.75) is 70.4 Å². The van der Waals surface area contributed by atoms with E-state index < -0.39 is 18.0 Å². The highest BCUT2D eigenvalue weighted by Crippen LogP contribution is 2.30. The topological polar surface area (TPSA) is 204 Å². The average molecular weight is 681 g/mol. The second kappa shape index (κ2) is 15.5. The Kier molecular flexibility index (Phi) is 10.7. The molecule has 2 atom stereocenters. The van der Waals surface area contributed by atoms with Crippen LogP contribution in [-0.4, -0.2) is 63.8 Å². The van der Waals surface area contributed by atoms with Crippen molar-refractivity contribution in [2.24, 2.45) is 17.6 Å². The highest BCUT2D eigenvalue weighted by molar-refractivity contribution is 5.99. The number of imidazole rings is 1. The lowest BCUT2D eigenvalue weighted by Gasteiger charge is -2.28. The van der Waals surface area contributed by atoms with Gasteiger partial charge in [-0.3, -0.25) is 24.2 Å². The van der Waals surface area contributed by atoms with E-state index >= 15 is 0 Å². The molecule has 2 fully saturated rings. The lowest BCUT2D eigenvalue weighted by atomic mass is 9.80. The van der Waals surface area contributed by atoms with Crippen molar-refractivity contribution in [1.82, 2.24) is 30.9 Å². The van der Waals surface area contributed by atoms with Gasteiger partial charge in [0.2, 0.25) is 17.7 Å². The second-order valence-electron chi connectivity index (χ2n) is 13.5. The lowest BCUT2D eigenvalue weighted by Crippen LogP contribution is -2.50. The number of aromatic nitrogens is 3. The van der Waals surface area contributed by atoms with Gasteiger partial charge in [0.05, 0.1) is 11.0 Å². The molecule has 2 aromatic heterocycles. The number of amides is 4. The third kappa shape index (κ3) is 8.46. The van der Waals surface area contributed by atoms with Crippen molar-refractivity contribution in [3.63, 3.8) is 0 Å². The van der Waals surface area contributed by atoms with Crippen molar-refractivity contribution >= 4 is 40.3 Å². The number of nitrogens with two attached hydrogens (primary N) is 1. The number of aromatic amines is 2. The highest BCUT2D eigenvalue weighted by Gasteiger charge is 2.27. The fraction of sp³-hybridized carbons (Fsp3) is 0.405. The summed E-state index contributed by atoms with van der Waals surface area (Å²) in [4.78, 5) is 73.3. The molecule has 50 heavy (non-hydrogen) atoms. The largest absolute Gasteiger partial charge is 0.354 e. The molecule has 4 amide bonds. The van der Waals surface area contributed by atoms with Crippen LogP contribution in [0.15, 0.2) is 59.5 Å². The molecule has 1 aliphatic heterocycles. The van der Waals surface area contributed by atoms with E-state index in [0.717, 1.165) is 54.4 Å². The molecule has 6 rings (SSSR count). The number of nitrogens with zero attached hydrogens (tertiary/aromatic N) is 1. The van der Waals surface area contributed by atoms with Gasteiger partial charge >= 0.3 is 5.69 Å². The van der Waals surface area contributed by atoms with Crippen LogP contribution in [0.1, 0.15) is 66.6 Å². The summed E-state index contributed by atoms with van der Waals surface area (Å²) < 4.78 is 0. The zero-order valence-corrected chi connectivity index (χ0v) is 28.1. The Hall–Kier alpha value is -5.30. The molecular weight excluding hydrogens is 636 g/mol. The van der Waals surface area contributed by atoms with Crippen molar-refractivity contribution < 1.29 is 19.2 Å². The van der Waals surface area contributed by atoms with Crippen LogP contribution in [-0.2, 0) is 20.8 Å². The highest BCUT2D eigenvalue weighted by atomic mass is 16.2. The number of fused-ring (bicyclic) bond motifs is 1. The number of piperidine rings is 1. The molecule has 2 unspecified atom stereocenters. The van der Waals surface area contributed by atoms with Crippen molar-refractivity contribution in [3.05, 3.63) is 82.0 Å². The standard InChI is InChI=1S/C37H44N8O5/c1-21-15-31(35(48)43-29-3-2-14-39-34(29)47)40-20-27(21)25-10-8-22(9-11-25)16-32(42-33(46)17-23-4-6-24(19-38)7-5-23)36(49)41-26-12-13-28-30(18-26)45-37(50)44-28/h8-13,15,18,20,23-24,29,32H,2-7,14,16-17,19,38H2,1H3,(H,39,47)(H,41,49)(H,42,46)(H,43,48)(H2,44,45,50). The Balaban J connectivity index is 1.14. The molecule has 2 aromatic carbocycles. The van der Waals surface area contributed by atoms with Crippen molar-refractivity contribution in [2.75, 3.05) is 18.4 Å². The molecule has 4 aromatic rings. The maximum atomic E-state index is 13.6. The molecule has 1 aliphatic carbocycles. The zero-order chi connectivity index (χ0) is 35.2. The maximum absolute atomic E-state index is 13.6. The summed E-state index contributed by atoms with van der Waals surface area (Å²) in [6, 6.07) is 13.0. The Morgan fingerprint density at radius 2 is 1.68 bits per heavy atom. The minimum Gasteiger partial charge on any atom is -0.354 e. The van der Waals surface area contributed by atoms with Crippen LogP contribution in [0.3, 0.4) is 0 Å². The predicted octanol–water partition coefficient (Wildman–Crippen LogP) is 3.06. The quantitative estimate of drug-likeness (QED) is 0.126. The number of aryl methyl sites for hydroxylation is 1. The van der Waals surface area contributed by atoms with Crippen LogP contribution in [0.25, 0.3) is 22.2 Å². The van der Waals surface area contributed by atoms with Crippen molar-refractivity contribution in [3.8, 4) is 11.1 Å². The Bertz CT molecular complexity index is 1930. The first-order chi connectivity index (χ1) is 24.1. The van der Waals surface area contributed by atoms with Gasteiger partial charge in [-0.15, -0.1) is 0 Å². The van der Waals surface area contributed by atoms with E-state index in [1.807, 2.05) is 31.2 Å². The number of nitrogens with one attached hydrogen (secondary N) is 6. The smallest absolute Gasteiger partial charge is 0.323 e. The number of carbonyl (C=O) groups excluding carboxylic acids is 4. The minimum absolute atomic E-state index is 0.168. The summed E-state index contributed by atoms with van der Waals surface area (Å²) in [5.41, 5.74) is 10.8. The van der Waals surface area contributed by atoms with E-state index in [1.54, 1.807) is 30.5 Å². The first-order valence-corrected chi connectivity index (χ1v) is 17.3. The zero-order valence-electron chi connectivity index (χ0n) is 28.1. The normalized spacial score (nSPS) is 19.7. The molecule has 13 nitrogen and oxygen atoms in total. The van der Waals surface area contributed by atoms with Gasteiger partial charge in [0.1, 0.15) is 17.8 Å². The van der Waals surface area contributed by atoms with Gasteiger partial charge in [0.15, 0.2) is 0 Å². The van der Waals surface area contributed by atoms with Crippen molar-refractivity contribution in [1.29, 1.82) is 0 Å². The average Bonchev–Trinajstić information content (AvgIpc) is 3.49. The summed E-state index contributed by atoms with van der Waals surface area (Å²) in [5.74, 6) is -0.346. The molecule has 262 valence electrons. The predicted molar refractivity (Wildman–Crippen MR) is 190 cm³/mol. The fourth-order valence-corrected chi connectivity index (χ4v) is 6.92. The number of H-pyrrole nitrogens is 2. The molecule has 13 heteroatoms. The van der Waals surface area contributed by atoms with Crippen LogP contribution >= 0.6 is 0 Å². The Labute approximate surface area is 289 Å². The summed E-state index contributed by atoms with van der Waals surface area (Å²) in [7, 11) is 0. The third-order valence-corrected chi connectivity index (χ3v) is 9.85. The molecule has 0 spiro atoms. The molecular formula is C37H44N8O5. The van der Waals surface area contributed by atoms with Gasteiger partial charge < -0.3 is 37.0 Å². The van der Waals surface area contributed by atoms with Gasteiger partial charge in [0.25, 0.3) is 5.91 Å². The van der Waals surface area contributed by atoms with E-state index in [9.17, 15) is 24.0 Å². The summed E-state index contributed by atoms with van der Waals surface area (Å²) >= 11 is 0. The van der Waals surface area contributed by atoms with Gasteiger partial charge in [-0.2, -0.15) is 0 Å². The number of anilines is 1. The van der Waals surface area contributed by atoms with Crippen LogP contribution in [0.2, 0.25) is 0 Å². The fourth-order valence-electron chi connectivity index (χ4n) is 6.92. The molecule has 1 saturated carbocycles. The number of hydrogen-bond donors (Lipinski definition) is 7. The maximum Gasteiger partial charge on any atom is 0.323 e. The van der Waals surface area contributed by atoms with Gasteiger partial charge in [-0.25, -0.2) is 4.79 Å². The number of benzene rings is 2. The van der Waals surface area contributed by atoms with E-state index in [1.165, 1.54) is 0 Å². The lowest BCUT2D eigenvalue weighted by molar-refractivity contribution is -0.127. The SMILES string of the molecule is Cc1cc(C(=O)NC2CCCNC2=O)ncc1-c1ccc(CC(NC(=O)CC2CCC(CN)CC2)C(=O)Nc2ccc3[nH]c(=O)[nH]c3c2)cc1. The number of pyridine rings is 1. The van der Waals surface area contributed by atoms with Crippen LogP contribution < -0.4 is 32.7 Å². The number of hydrogen-bond acceptors (Lipinski definition) is 7. The monoisotopic (exact) mass is 680 g/mol. The van der Waals surface area contributed by atoms with E-state index in [2.05, 4.69) is 36.2 Å². The molecule has 8 N–H and O–H groups in total. The summed E-state index contributed by atoms with van der Waals surface area (Å²) in [6.45, 7) is 3.18. The Morgan fingerprint density at radius 3 is 2.40 bits per heavy atom. The third-order valence-electron chi connectivity index (χ3n) is 9.85. The first kappa shape index (κ1) is 34.6. The molecule has 1 saturated heterocycles. The second-order valence-corrected chi connectivity index (χ2v) is 13.5. The molecule has 0 radical (unpaired) electrons. The van der Waals surface area contributed by atoms with Crippen LogP contribution in [0.4, 0.5) is 5.69 Å². The molecule has 0 bridgehead atoms. The molecule has 2 aliphatic rings. The van der Waals surface area contributed by atoms with E-state index in [-0.39, 0.29) is 41.4 Å². The first-order valence-electron chi connectivity index (χ1n) is 17.3.